The fourth-order valence-corrected chi connectivity index (χ4v) is 3.94. The number of hydrogen-bond donors (Lipinski definition) is 2. The van der Waals surface area contributed by atoms with Crippen molar-refractivity contribution in [3.8, 4) is 0 Å². The van der Waals surface area contributed by atoms with Gasteiger partial charge in [0.1, 0.15) is 10.8 Å². The molecule has 0 saturated carbocycles. The summed E-state index contributed by atoms with van der Waals surface area (Å²) in [7, 11) is 0. The van der Waals surface area contributed by atoms with Gasteiger partial charge in [-0.1, -0.05) is 12.1 Å². The van der Waals surface area contributed by atoms with Crippen LogP contribution < -0.4 is 15.5 Å². The minimum Gasteiger partial charge on any atom is -0.467 e. The molecule has 1 aliphatic heterocycles. The smallest absolute Gasteiger partial charge is 0.326 e. The minimum atomic E-state index is -0.191. The highest BCUT2D eigenvalue weighted by atomic mass is 32.2. The normalized spacial score (nSPS) is 12.9. The molecule has 0 spiro atoms. The van der Waals surface area contributed by atoms with Crippen LogP contribution in [0.15, 0.2) is 70.4 Å². The van der Waals surface area contributed by atoms with Gasteiger partial charge >= 0.3 is 6.03 Å². The summed E-state index contributed by atoms with van der Waals surface area (Å²) < 4.78 is 5.19. The zero-order chi connectivity index (χ0) is 20.1. The molecular weight excluding hydrogens is 388 g/mol. The topological polar surface area (TPSA) is 87.5 Å². The lowest BCUT2D eigenvalue weighted by molar-refractivity contribution is -0.120. The molecule has 0 radical (unpaired) electrons. The number of rotatable bonds is 5. The number of carbonyl (C=O) groups is 2. The molecule has 7 nitrogen and oxygen atoms in total. The van der Waals surface area contributed by atoms with Crippen molar-refractivity contribution in [2.45, 2.75) is 18.0 Å². The lowest BCUT2D eigenvalue weighted by atomic mass is 10.1. The number of urea groups is 1. The molecule has 0 aliphatic carbocycles. The SMILES string of the molecule is O=C(Cc1ccc(NC(=O)N2CCSc3ncccc32)cc1)NCc1ccco1. The van der Waals surface area contributed by atoms with Crippen molar-refractivity contribution >= 4 is 35.1 Å². The molecule has 1 aliphatic rings. The Morgan fingerprint density at radius 2 is 2.00 bits per heavy atom. The highest BCUT2D eigenvalue weighted by molar-refractivity contribution is 7.99. The van der Waals surface area contributed by atoms with Gasteiger partial charge in [0, 0.05) is 24.2 Å². The van der Waals surface area contributed by atoms with Gasteiger partial charge in [-0.3, -0.25) is 9.69 Å². The number of benzene rings is 1. The molecule has 0 fully saturated rings. The van der Waals surface area contributed by atoms with Crippen molar-refractivity contribution < 1.29 is 14.0 Å². The lowest BCUT2D eigenvalue weighted by Crippen LogP contribution is -2.38. The maximum absolute atomic E-state index is 12.7. The number of pyridine rings is 1. The van der Waals surface area contributed by atoms with E-state index in [0.29, 0.717) is 24.5 Å². The molecule has 0 unspecified atom stereocenters. The third kappa shape index (κ3) is 4.78. The number of anilines is 2. The summed E-state index contributed by atoms with van der Waals surface area (Å²) in [6.45, 7) is 0.994. The summed E-state index contributed by atoms with van der Waals surface area (Å²) in [6, 6.07) is 14.4. The number of hydrogen-bond acceptors (Lipinski definition) is 5. The largest absolute Gasteiger partial charge is 0.467 e. The molecule has 3 aromatic rings. The van der Waals surface area contributed by atoms with Crippen LogP contribution in [0.4, 0.5) is 16.2 Å². The Bertz CT molecular complexity index is 989. The number of thioether (sulfide) groups is 1. The molecule has 4 rings (SSSR count). The molecule has 2 aromatic heterocycles. The van der Waals surface area contributed by atoms with Crippen LogP contribution in [0.3, 0.4) is 0 Å². The number of fused-ring (bicyclic) bond motifs is 1. The number of aromatic nitrogens is 1. The second-order valence-corrected chi connectivity index (χ2v) is 7.57. The Morgan fingerprint density at radius 3 is 2.79 bits per heavy atom. The van der Waals surface area contributed by atoms with E-state index in [-0.39, 0.29) is 18.4 Å². The molecule has 3 heterocycles. The van der Waals surface area contributed by atoms with Gasteiger partial charge in [-0.2, -0.15) is 0 Å². The standard InChI is InChI=1S/C21H20N4O3S/c26-19(23-14-17-3-2-11-28-17)13-15-5-7-16(8-6-15)24-21(27)25-10-12-29-20-18(25)4-1-9-22-20/h1-9,11H,10,12-14H2,(H,23,26)(H,24,27). The van der Waals surface area contributed by atoms with Crippen molar-refractivity contribution in [1.82, 2.24) is 10.3 Å². The average Bonchev–Trinajstić information content (AvgIpc) is 3.27. The van der Waals surface area contributed by atoms with Crippen LogP contribution in [0.2, 0.25) is 0 Å². The average molecular weight is 408 g/mol. The first-order valence-electron chi connectivity index (χ1n) is 9.23. The second kappa shape index (κ2) is 8.83. The van der Waals surface area contributed by atoms with Gasteiger partial charge in [0.2, 0.25) is 5.91 Å². The Labute approximate surface area is 172 Å². The molecule has 8 heteroatoms. The number of carbonyl (C=O) groups excluding carboxylic acids is 2. The molecule has 0 atom stereocenters. The van der Waals surface area contributed by atoms with Gasteiger partial charge in [0.25, 0.3) is 0 Å². The van der Waals surface area contributed by atoms with E-state index in [1.807, 2.05) is 30.3 Å². The molecule has 3 amide bonds. The number of amides is 3. The summed E-state index contributed by atoms with van der Waals surface area (Å²) >= 11 is 1.65. The van der Waals surface area contributed by atoms with Crippen LogP contribution in [0.1, 0.15) is 11.3 Å². The van der Waals surface area contributed by atoms with Crippen LogP contribution in [0, 0.1) is 0 Å². The third-order valence-corrected chi connectivity index (χ3v) is 5.43. The summed E-state index contributed by atoms with van der Waals surface area (Å²) in [5.74, 6) is 1.43. The van der Waals surface area contributed by atoms with Crippen molar-refractivity contribution in [2.24, 2.45) is 0 Å². The molecular formula is C21H20N4O3S. The van der Waals surface area contributed by atoms with Gasteiger partial charge in [0.05, 0.1) is 24.9 Å². The first-order chi connectivity index (χ1) is 14.2. The lowest BCUT2D eigenvalue weighted by Gasteiger charge is -2.28. The summed E-state index contributed by atoms with van der Waals surface area (Å²) in [5, 5.41) is 6.60. The quantitative estimate of drug-likeness (QED) is 0.672. The maximum atomic E-state index is 12.7. The van der Waals surface area contributed by atoms with Gasteiger partial charge < -0.3 is 15.1 Å². The van der Waals surface area contributed by atoms with Gasteiger partial charge in [-0.15, -0.1) is 11.8 Å². The molecule has 0 bridgehead atoms. The number of nitrogens with one attached hydrogen (secondary N) is 2. The van der Waals surface area contributed by atoms with Crippen molar-refractivity contribution in [3.63, 3.8) is 0 Å². The summed E-state index contributed by atoms with van der Waals surface area (Å²) in [6.07, 6.45) is 3.57. The van der Waals surface area contributed by atoms with Gasteiger partial charge in [0.15, 0.2) is 0 Å². The Balaban J connectivity index is 1.32. The second-order valence-electron chi connectivity index (χ2n) is 6.49. The molecule has 1 aromatic carbocycles. The third-order valence-electron chi connectivity index (χ3n) is 4.45. The van der Waals surface area contributed by atoms with E-state index < -0.39 is 0 Å². The maximum Gasteiger partial charge on any atom is 0.326 e. The fraction of sp³-hybridized carbons (Fsp3) is 0.190. The number of furan rings is 1. The zero-order valence-electron chi connectivity index (χ0n) is 15.6. The van der Waals surface area contributed by atoms with E-state index in [4.69, 9.17) is 4.42 Å². The van der Waals surface area contributed by atoms with Crippen LogP contribution >= 0.6 is 11.8 Å². The highest BCUT2D eigenvalue weighted by Gasteiger charge is 2.23. The molecule has 148 valence electrons. The van der Waals surface area contributed by atoms with Crippen LogP contribution in [-0.4, -0.2) is 29.2 Å². The summed E-state index contributed by atoms with van der Waals surface area (Å²) in [5.41, 5.74) is 2.37. The molecule has 0 saturated heterocycles. The Hall–Kier alpha value is -3.26. The fourth-order valence-electron chi connectivity index (χ4n) is 3.01. The van der Waals surface area contributed by atoms with Crippen molar-refractivity contribution in [3.05, 3.63) is 72.3 Å². The predicted octanol–water partition coefficient (Wildman–Crippen LogP) is 3.68. The number of nitrogens with zero attached hydrogens (tertiary/aromatic N) is 2. The first kappa shape index (κ1) is 19.1. The van der Waals surface area contributed by atoms with E-state index in [2.05, 4.69) is 15.6 Å². The minimum absolute atomic E-state index is 0.0897. The van der Waals surface area contributed by atoms with E-state index in [1.165, 1.54) is 0 Å². The van der Waals surface area contributed by atoms with E-state index in [1.54, 1.807) is 47.3 Å². The van der Waals surface area contributed by atoms with E-state index in [9.17, 15) is 9.59 Å². The van der Waals surface area contributed by atoms with Crippen LogP contribution in [0.25, 0.3) is 0 Å². The molecule has 29 heavy (non-hydrogen) atoms. The summed E-state index contributed by atoms with van der Waals surface area (Å²) in [4.78, 5) is 30.8. The monoisotopic (exact) mass is 408 g/mol. The Kier molecular flexibility index (Phi) is 5.81. The first-order valence-corrected chi connectivity index (χ1v) is 10.2. The van der Waals surface area contributed by atoms with E-state index in [0.717, 1.165) is 22.0 Å². The van der Waals surface area contributed by atoms with Crippen LogP contribution in [-0.2, 0) is 17.8 Å². The van der Waals surface area contributed by atoms with Crippen molar-refractivity contribution in [2.75, 3.05) is 22.5 Å². The molecule has 2 N–H and O–H groups in total. The Morgan fingerprint density at radius 1 is 1.14 bits per heavy atom. The predicted molar refractivity (Wildman–Crippen MR) is 112 cm³/mol. The van der Waals surface area contributed by atoms with Gasteiger partial charge in [-0.05, 0) is 42.0 Å². The van der Waals surface area contributed by atoms with Crippen molar-refractivity contribution in [1.29, 1.82) is 0 Å². The van der Waals surface area contributed by atoms with Crippen LogP contribution in [0.5, 0.6) is 0 Å². The van der Waals surface area contributed by atoms with E-state index >= 15 is 0 Å². The highest BCUT2D eigenvalue weighted by Crippen LogP contribution is 2.32. The van der Waals surface area contributed by atoms with Gasteiger partial charge in [-0.25, -0.2) is 9.78 Å². The zero-order valence-corrected chi connectivity index (χ0v) is 16.4.